The number of hydrogen-bond donors (Lipinski definition) is 1. The third-order valence-electron chi connectivity index (χ3n) is 4.61. The second-order valence-corrected chi connectivity index (χ2v) is 6.62. The molecule has 0 amide bonds. The molecule has 0 unspecified atom stereocenters. The molecule has 1 aliphatic heterocycles. The second kappa shape index (κ2) is 10.9. The highest BCUT2D eigenvalue weighted by atomic mass is 35.5. The summed E-state index contributed by atoms with van der Waals surface area (Å²) in [6, 6.07) is 12.4. The van der Waals surface area contributed by atoms with Crippen LogP contribution in [0.1, 0.15) is 11.1 Å². The number of halogens is 1. The van der Waals surface area contributed by atoms with Crippen molar-refractivity contribution in [3.8, 4) is 5.75 Å². The van der Waals surface area contributed by atoms with Crippen LogP contribution in [0.2, 0.25) is 0 Å². The predicted molar refractivity (Wildman–Crippen MR) is 114 cm³/mol. The van der Waals surface area contributed by atoms with E-state index < -0.39 is 0 Å². The molecule has 2 aromatic rings. The third-order valence-corrected chi connectivity index (χ3v) is 4.61. The zero-order chi connectivity index (χ0) is 18.2. The van der Waals surface area contributed by atoms with Crippen LogP contribution < -0.4 is 15.0 Å². The van der Waals surface area contributed by atoms with Gasteiger partial charge in [-0.05, 0) is 30.8 Å². The van der Waals surface area contributed by atoms with Gasteiger partial charge >= 0.3 is 0 Å². The maximum Gasteiger partial charge on any atom is 0.133 e. The molecule has 2 heterocycles. The Bertz CT molecular complexity index is 700. The van der Waals surface area contributed by atoms with Gasteiger partial charge in [0.2, 0.25) is 0 Å². The minimum absolute atomic E-state index is 0. The van der Waals surface area contributed by atoms with E-state index in [4.69, 9.17) is 4.74 Å². The lowest BCUT2D eigenvalue weighted by molar-refractivity contribution is 0.311. The fraction of sp³-hybridized carbons (Fsp3) is 0.381. The molecule has 0 spiro atoms. The molecule has 3 rings (SSSR count). The van der Waals surface area contributed by atoms with E-state index in [0.29, 0.717) is 6.61 Å². The largest absolute Gasteiger partial charge is 0.490 e. The summed E-state index contributed by atoms with van der Waals surface area (Å²) in [5, 5.41) is 3.53. The third kappa shape index (κ3) is 6.24. The molecule has 27 heavy (non-hydrogen) atoms. The van der Waals surface area contributed by atoms with Gasteiger partial charge in [0.05, 0.1) is 0 Å². The minimum atomic E-state index is 0. The molecule has 0 saturated carbocycles. The Morgan fingerprint density at radius 1 is 1.11 bits per heavy atom. The van der Waals surface area contributed by atoms with E-state index in [9.17, 15) is 0 Å². The molecule has 1 fully saturated rings. The van der Waals surface area contributed by atoms with Crippen LogP contribution in [0.25, 0.3) is 0 Å². The van der Waals surface area contributed by atoms with Crippen molar-refractivity contribution in [1.29, 1.82) is 0 Å². The highest BCUT2D eigenvalue weighted by Gasteiger charge is 2.17. The van der Waals surface area contributed by atoms with Crippen LogP contribution in [0.4, 0.5) is 5.82 Å². The zero-order valence-corrected chi connectivity index (χ0v) is 16.8. The number of rotatable bonds is 8. The molecule has 0 atom stereocenters. The molecule has 1 aromatic heterocycles. The maximum atomic E-state index is 5.52. The molecule has 0 bridgehead atoms. The van der Waals surface area contributed by atoms with Crippen LogP contribution in [-0.4, -0.2) is 49.7 Å². The fourth-order valence-electron chi connectivity index (χ4n) is 3.07. The fourth-order valence-corrected chi connectivity index (χ4v) is 3.07. The molecule has 0 aliphatic carbocycles. The number of ether oxygens (including phenoxy) is 1. The summed E-state index contributed by atoms with van der Waals surface area (Å²) in [6.45, 7) is 10.1. The molecule has 1 N–H and O–H groups in total. The summed E-state index contributed by atoms with van der Waals surface area (Å²) in [6.07, 6.45) is 3.64. The first-order chi connectivity index (χ1) is 12.8. The smallest absolute Gasteiger partial charge is 0.133 e. The van der Waals surface area contributed by atoms with Gasteiger partial charge < -0.3 is 19.9 Å². The van der Waals surface area contributed by atoms with Crippen LogP contribution in [-0.2, 0) is 13.1 Å². The normalized spacial score (nSPS) is 14.5. The Hall–Kier alpha value is -2.08. The van der Waals surface area contributed by atoms with Crippen molar-refractivity contribution in [2.24, 2.45) is 0 Å². The quantitative estimate of drug-likeness (QED) is 0.703. The average Bonchev–Trinajstić information content (AvgIpc) is 2.68. The van der Waals surface area contributed by atoms with Crippen molar-refractivity contribution >= 4 is 18.2 Å². The summed E-state index contributed by atoms with van der Waals surface area (Å²) < 4.78 is 5.52. The van der Waals surface area contributed by atoms with E-state index in [-0.39, 0.29) is 12.4 Å². The molecular weight excluding hydrogens is 360 g/mol. The molecule has 1 saturated heterocycles. The Morgan fingerprint density at radius 2 is 1.85 bits per heavy atom. The van der Waals surface area contributed by atoms with Gasteiger partial charge in [-0.1, -0.05) is 30.9 Å². The summed E-state index contributed by atoms with van der Waals surface area (Å²) in [7, 11) is 2.17. The van der Waals surface area contributed by atoms with E-state index in [1.165, 1.54) is 11.1 Å². The molecule has 146 valence electrons. The topological polar surface area (TPSA) is 40.6 Å². The van der Waals surface area contributed by atoms with Crippen molar-refractivity contribution in [2.45, 2.75) is 13.1 Å². The molecule has 0 radical (unpaired) electrons. The van der Waals surface area contributed by atoms with Gasteiger partial charge in [-0.15, -0.1) is 12.4 Å². The van der Waals surface area contributed by atoms with E-state index in [1.54, 1.807) is 6.08 Å². The van der Waals surface area contributed by atoms with Crippen LogP contribution >= 0.6 is 12.4 Å². The highest BCUT2D eigenvalue weighted by Crippen LogP contribution is 2.19. The molecule has 1 aliphatic rings. The lowest BCUT2D eigenvalue weighted by Gasteiger charge is -2.34. The number of piperazine rings is 1. The monoisotopic (exact) mass is 388 g/mol. The Morgan fingerprint density at radius 3 is 2.56 bits per heavy atom. The SMILES string of the molecule is C=CCOc1ccc(CNCc2cccnc2N2CCN(C)CC2)cc1.Cl. The summed E-state index contributed by atoms with van der Waals surface area (Å²) in [5.74, 6) is 1.99. The lowest BCUT2D eigenvalue weighted by atomic mass is 10.2. The summed E-state index contributed by atoms with van der Waals surface area (Å²) >= 11 is 0. The number of likely N-dealkylation sites (N-methyl/N-ethyl adjacent to an activating group) is 1. The minimum Gasteiger partial charge on any atom is -0.490 e. The molecule has 1 aromatic carbocycles. The van der Waals surface area contributed by atoms with Crippen LogP contribution in [0, 0.1) is 0 Å². The Balaban J connectivity index is 0.00000261. The number of pyridine rings is 1. The standard InChI is InChI=1S/C21H28N4O.ClH/c1-3-15-26-20-8-6-18(7-9-20)16-22-17-19-5-4-10-23-21(19)25-13-11-24(2)12-14-25;/h3-10,22H,1,11-17H2,2H3;1H. The van der Waals surface area contributed by atoms with Crippen molar-refractivity contribution in [1.82, 2.24) is 15.2 Å². The number of benzene rings is 1. The van der Waals surface area contributed by atoms with Gasteiger partial charge in [-0.3, -0.25) is 0 Å². The zero-order valence-electron chi connectivity index (χ0n) is 15.9. The van der Waals surface area contributed by atoms with Crippen LogP contribution in [0.3, 0.4) is 0 Å². The second-order valence-electron chi connectivity index (χ2n) is 6.62. The molecular formula is C21H29ClN4O. The first-order valence-corrected chi connectivity index (χ1v) is 9.17. The van der Waals surface area contributed by atoms with E-state index in [0.717, 1.165) is 50.8 Å². The number of anilines is 1. The van der Waals surface area contributed by atoms with Gasteiger partial charge in [0.25, 0.3) is 0 Å². The lowest BCUT2D eigenvalue weighted by Crippen LogP contribution is -2.45. The van der Waals surface area contributed by atoms with E-state index >= 15 is 0 Å². The van der Waals surface area contributed by atoms with Crippen molar-refractivity contribution in [3.63, 3.8) is 0 Å². The molecule has 5 nitrogen and oxygen atoms in total. The number of hydrogen-bond acceptors (Lipinski definition) is 5. The van der Waals surface area contributed by atoms with E-state index in [1.807, 2.05) is 24.4 Å². The number of aromatic nitrogens is 1. The number of nitrogens with zero attached hydrogens (tertiary/aromatic N) is 3. The summed E-state index contributed by atoms with van der Waals surface area (Å²) in [5.41, 5.74) is 2.49. The van der Waals surface area contributed by atoms with Gasteiger partial charge in [-0.2, -0.15) is 0 Å². The van der Waals surface area contributed by atoms with Gasteiger partial charge in [0.15, 0.2) is 0 Å². The Kier molecular flexibility index (Phi) is 8.58. The van der Waals surface area contributed by atoms with Gasteiger partial charge in [0, 0.05) is 51.0 Å². The first-order valence-electron chi connectivity index (χ1n) is 9.17. The van der Waals surface area contributed by atoms with Gasteiger partial charge in [-0.25, -0.2) is 4.98 Å². The predicted octanol–water partition coefficient (Wildman–Crippen LogP) is 3.11. The number of nitrogens with one attached hydrogen (secondary N) is 1. The highest BCUT2D eigenvalue weighted by molar-refractivity contribution is 5.85. The summed E-state index contributed by atoms with van der Waals surface area (Å²) in [4.78, 5) is 9.39. The van der Waals surface area contributed by atoms with Crippen molar-refractivity contribution in [3.05, 3.63) is 66.4 Å². The maximum absolute atomic E-state index is 5.52. The van der Waals surface area contributed by atoms with Crippen molar-refractivity contribution < 1.29 is 4.74 Å². The van der Waals surface area contributed by atoms with Crippen molar-refractivity contribution in [2.75, 3.05) is 44.7 Å². The molecule has 6 heteroatoms. The van der Waals surface area contributed by atoms with Crippen LogP contribution in [0.5, 0.6) is 5.75 Å². The van der Waals surface area contributed by atoms with Gasteiger partial charge in [0.1, 0.15) is 18.2 Å². The average molecular weight is 389 g/mol. The van der Waals surface area contributed by atoms with E-state index in [2.05, 4.69) is 51.9 Å². The Labute approximate surface area is 168 Å². The van der Waals surface area contributed by atoms with Crippen LogP contribution in [0.15, 0.2) is 55.3 Å². The first kappa shape index (κ1) is 21.2.